The number of nitrogens with one attached hydrogen (secondary N) is 2. The van der Waals surface area contributed by atoms with Crippen molar-refractivity contribution >= 4 is 17.7 Å². The van der Waals surface area contributed by atoms with Crippen molar-refractivity contribution in [3.05, 3.63) is 87.3 Å². The zero-order valence-electron chi connectivity index (χ0n) is 18.0. The Bertz CT molecular complexity index is 1130. The Balaban J connectivity index is 1.34. The van der Waals surface area contributed by atoms with Crippen LogP contribution in [0.25, 0.3) is 0 Å². The fraction of sp³-hybridized carbons (Fsp3) is 0.292. The third-order valence-corrected chi connectivity index (χ3v) is 6.26. The number of H-pyrrole nitrogens is 1. The summed E-state index contributed by atoms with van der Waals surface area (Å²) in [5, 5.41) is 3.38. The van der Waals surface area contributed by atoms with E-state index in [0.717, 1.165) is 29.1 Å². The lowest BCUT2D eigenvalue weighted by molar-refractivity contribution is -0.118. The molecule has 1 aliphatic rings. The highest BCUT2D eigenvalue weighted by atomic mass is 32.2. The number of nitrogens with zero attached hydrogens (tertiary/aromatic N) is 2. The number of methoxy groups -OCH3 is 1. The number of carbonyl (C=O) groups is 1. The number of aromatic amines is 1. The predicted octanol–water partition coefficient (Wildman–Crippen LogP) is 2.75. The van der Waals surface area contributed by atoms with Crippen molar-refractivity contribution in [1.82, 2.24) is 20.2 Å². The van der Waals surface area contributed by atoms with E-state index in [2.05, 4.69) is 20.2 Å². The van der Waals surface area contributed by atoms with Crippen molar-refractivity contribution in [2.75, 3.05) is 19.4 Å². The molecule has 0 atom stereocenters. The van der Waals surface area contributed by atoms with Gasteiger partial charge in [-0.3, -0.25) is 14.5 Å². The van der Waals surface area contributed by atoms with E-state index in [-0.39, 0.29) is 17.2 Å². The van der Waals surface area contributed by atoms with Crippen molar-refractivity contribution < 1.29 is 9.53 Å². The molecule has 0 saturated heterocycles. The number of hydrogen-bond donors (Lipinski definition) is 2. The van der Waals surface area contributed by atoms with Crippen LogP contribution in [0.2, 0.25) is 0 Å². The van der Waals surface area contributed by atoms with E-state index in [0.29, 0.717) is 36.8 Å². The first-order valence-electron chi connectivity index (χ1n) is 10.5. The minimum absolute atomic E-state index is 0.0952. The number of ether oxygens (including phenoxy) is 1. The first-order chi connectivity index (χ1) is 15.6. The summed E-state index contributed by atoms with van der Waals surface area (Å²) in [7, 11) is 1.67. The Morgan fingerprint density at radius 1 is 1.19 bits per heavy atom. The Hall–Kier alpha value is -3.10. The zero-order valence-corrected chi connectivity index (χ0v) is 18.8. The van der Waals surface area contributed by atoms with Gasteiger partial charge in [0.1, 0.15) is 5.75 Å². The van der Waals surface area contributed by atoms with Gasteiger partial charge in [0.2, 0.25) is 5.91 Å². The highest BCUT2D eigenvalue weighted by Crippen LogP contribution is 2.23. The molecule has 2 heterocycles. The third-order valence-electron chi connectivity index (χ3n) is 5.38. The van der Waals surface area contributed by atoms with Crippen LogP contribution in [0.15, 0.2) is 64.5 Å². The lowest BCUT2D eigenvalue weighted by Crippen LogP contribution is -2.35. The van der Waals surface area contributed by atoms with Gasteiger partial charge in [-0.05, 0) is 11.6 Å². The molecule has 8 heteroatoms. The maximum atomic E-state index is 12.7. The van der Waals surface area contributed by atoms with E-state index in [9.17, 15) is 9.59 Å². The van der Waals surface area contributed by atoms with Crippen LogP contribution in [0.1, 0.15) is 22.4 Å². The zero-order chi connectivity index (χ0) is 22.3. The summed E-state index contributed by atoms with van der Waals surface area (Å²) in [5.74, 6) is 0.957. The number of fused-ring (bicyclic) bond motifs is 1. The van der Waals surface area contributed by atoms with E-state index < -0.39 is 0 Å². The molecular formula is C24H26N4O3S. The number of hydrogen-bond acceptors (Lipinski definition) is 6. The average molecular weight is 451 g/mol. The number of carbonyl (C=O) groups excluding carboxylic acids is 1. The number of rotatable bonds is 8. The lowest BCUT2D eigenvalue weighted by Gasteiger charge is -2.28. The van der Waals surface area contributed by atoms with Crippen LogP contribution in [-0.2, 0) is 30.8 Å². The van der Waals surface area contributed by atoms with Crippen molar-refractivity contribution in [2.24, 2.45) is 0 Å². The van der Waals surface area contributed by atoms with Gasteiger partial charge in [0.15, 0.2) is 5.16 Å². The topological polar surface area (TPSA) is 87.3 Å². The minimum atomic E-state index is -0.132. The maximum absolute atomic E-state index is 12.7. The average Bonchev–Trinajstić information content (AvgIpc) is 2.83. The molecule has 1 aromatic heterocycles. The molecule has 0 radical (unpaired) electrons. The van der Waals surface area contributed by atoms with Crippen molar-refractivity contribution in [1.29, 1.82) is 0 Å². The van der Waals surface area contributed by atoms with E-state index in [1.165, 1.54) is 11.8 Å². The number of amides is 1. The third kappa shape index (κ3) is 5.57. The Morgan fingerprint density at radius 2 is 1.97 bits per heavy atom. The molecule has 0 unspecified atom stereocenters. The molecule has 2 aromatic carbocycles. The quantitative estimate of drug-likeness (QED) is 0.405. The second-order valence-corrected chi connectivity index (χ2v) is 8.58. The van der Waals surface area contributed by atoms with Gasteiger partial charge < -0.3 is 15.0 Å². The standard InChI is InChI=1S/C24H26N4O3S/c1-31-21-10-6-5-9-18(21)14-28-12-11-20-19(15-28)23(30)27-24(26-20)32-16-22(29)25-13-17-7-3-2-4-8-17/h2-10H,11-16H2,1H3,(H,25,29)(H,26,27,30). The Kier molecular flexibility index (Phi) is 7.24. The van der Waals surface area contributed by atoms with E-state index >= 15 is 0 Å². The van der Waals surface area contributed by atoms with E-state index in [4.69, 9.17) is 4.74 Å². The fourth-order valence-corrected chi connectivity index (χ4v) is 4.43. The first kappa shape index (κ1) is 22.1. The maximum Gasteiger partial charge on any atom is 0.256 e. The minimum Gasteiger partial charge on any atom is -0.496 e. The van der Waals surface area contributed by atoms with Crippen LogP contribution >= 0.6 is 11.8 Å². The summed E-state index contributed by atoms with van der Waals surface area (Å²) in [5.41, 5.74) is 3.52. The molecular weight excluding hydrogens is 424 g/mol. The number of para-hydroxylation sites is 1. The van der Waals surface area contributed by atoms with Gasteiger partial charge in [-0.1, -0.05) is 60.3 Å². The van der Waals surface area contributed by atoms with Crippen LogP contribution in [0.4, 0.5) is 0 Å². The molecule has 3 aromatic rings. The van der Waals surface area contributed by atoms with Crippen LogP contribution in [0.5, 0.6) is 5.75 Å². The fourth-order valence-electron chi connectivity index (χ4n) is 3.72. The van der Waals surface area contributed by atoms with Crippen molar-refractivity contribution in [3.63, 3.8) is 0 Å². The Morgan fingerprint density at radius 3 is 2.78 bits per heavy atom. The number of aromatic nitrogens is 2. The normalized spacial score (nSPS) is 13.4. The summed E-state index contributed by atoms with van der Waals surface area (Å²) >= 11 is 1.25. The molecule has 1 amide bonds. The van der Waals surface area contributed by atoms with Gasteiger partial charge in [-0.25, -0.2) is 4.98 Å². The molecule has 0 spiro atoms. The molecule has 0 fully saturated rings. The van der Waals surface area contributed by atoms with Crippen molar-refractivity contribution in [2.45, 2.75) is 31.2 Å². The van der Waals surface area contributed by atoms with Gasteiger partial charge in [0.25, 0.3) is 5.56 Å². The van der Waals surface area contributed by atoms with Gasteiger partial charge in [0.05, 0.1) is 24.1 Å². The van der Waals surface area contributed by atoms with Gasteiger partial charge in [-0.2, -0.15) is 0 Å². The number of thioether (sulfide) groups is 1. The Labute approximate surface area is 191 Å². The summed E-state index contributed by atoms with van der Waals surface area (Å²) in [6, 6.07) is 17.7. The summed E-state index contributed by atoms with van der Waals surface area (Å²) in [6.45, 7) is 2.54. The molecule has 0 bridgehead atoms. The summed E-state index contributed by atoms with van der Waals surface area (Å²) in [4.78, 5) is 34.5. The molecule has 0 aliphatic carbocycles. The largest absolute Gasteiger partial charge is 0.496 e. The van der Waals surface area contributed by atoms with Crippen LogP contribution in [-0.4, -0.2) is 40.2 Å². The first-order valence-corrected chi connectivity index (χ1v) is 11.5. The second-order valence-electron chi connectivity index (χ2n) is 7.62. The van der Waals surface area contributed by atoms with Crippen LogP contribution in [0, 0.1) is 0 Å². The summed E-state index contributed by atoms with van der Waals surface area (Å²) in [6.07, 6.45) is 0.697. The van der Waals surface area contributed by atoms with Crippen LogP contribution < -0.4 is 15.6 Å². The molecule has 1 aliphatic heterocycles. The highest BCUT2D eigenvalue weighted by Gasteiger charge is 2.22. The van der Waals surface area contributed by atoms with Crippen molar-refractivity contribution in [3.8, 4) is 5.75 Å². The molecule has 2 N–H and O–H groups in total. The predicted molar refractivity (Wildman–Crippen MR) is 125 cm³/mol. The molecule has 166 valence electrons. The van der Waals surface area contributed by atoms with Gasteiger partial charge in [-0.15, -0.1) is 0 Å². The van der Waals surface area contributed by atoms with E-state index in [1.54, 1.807) is 7.11 Å². The van der Waals surface area contributed by atoms with E-state index in [1.807, 2.05) is 54.6 Å². The lowest BCUT2D eigenvalue weighted by atomic mass is 10.1. The SMILES string of the molecule is COc1ccccc1CN1CCc2nc(SCC(=O)NCc3ccccc3)[nH]c(=O)c2C1. The second kappa shape index (κ2) is 10.5. The molecule has 0 saturated carbocycles. The smallest absolute Gasteiger partial charge is 0.256 e. The highest BCUT2D eigenvalue weighted by molar-refractivity contribution is 7.99. The van der Waals surface area contributed by atoms with Crippen LogP contribution in [0.3, 0.4) is 0 Å². The molecule has 7 nitrogen and oxygen atoms in total. The molecule has 32 heavy (non-hydrogen) atoms. The summed E-state index contributed by atoms with van der Waals surface area (Å²) < 4.78 is 5.44. The monoisotopic (exact) mass is 450 g/mol. The van der Waals surface area contributed by atoms with Gasteiger partial charge in [0, 0.05) is 38.2 Å². The van der Waals surface area contributed by atoms with Gasteiger partial charge >= 0.3 is 0 Å². The number of benzene rings is 2. The molecule has 4 rings (SSSR count).